The fraction of sp³-hybridized carbons (Fsp3) is 0.208. The van der Waals surface area contributed by atoms with E-state index in [1.54, 1.807) is 24.3 Å². The van der Waals surface area contributed by atoms with E-state index in [1.807, 2.05) is 0 Å². The molecule has 0 bridgehead atoms. The molecule has 0 saturated heterocycles. The Morgan fingerprint density at radius 3 is 2.49 bits per heavy atom. The third kappa shape index (κ3) is 4.81. The zero-order valence-corrected chi connectivity index (χ0v) is 19.8. The van der Waals surface area contributed by atoms with Crippen molar-refractivity contribution in [3.63, 3.8) is 0 Å². The quantitative estimate of drug-likeness (QED) is 0.281. The van der Waals surface area contributed by atoms with E-state index in [0.717, 1.165) is 16.2 Å². The lowest BCUT2D eigenvalue weighted by molar-refractivity contribution is -0.384. The Hall–Kier alpha value is -4.36. The number of rotatable bonds is 8. The predicted octanol–water partition coefficient (Wildman–Crippen LogP) is 3.79. The van der Waals surface area contributed by atoms with Crippen molar-refractivity contribution in [2.45, 2.75) is 19.9 Å². The summed E-state index contributed by atoms with van der Waals surface area (Å²) in [5, 5.41) is 31.6. The van der Waals surface area contributed by atoms with Crippen molar-refractivity contribution >= 4 is 23.1 Å². The van der Waals surface area contributed by atoms with Crippen LogP contribution in [0.5, 0.6) is 17.4 Å². The van der Waals surface area contributed by atoms with E-state index in [9.17, 15) is 30.1 Å². The molecule has 0 aliphatic heterocycles. The molecule has 0 radical (unpaired) electrons. The molecule has 11 heteroatoms. The van der Waals surface area contributed by atoms with E-state index < -0.39 is 27.8 Å². The Bertz CT molecular complexity index is 1440. The number of nitro groups is 1. The molecule has 3 aromatic rings. The average molecular weight is 498 g/mol. The van der Waals surface area contributed by atoms with E-state index in [0.29, 0.717) is 11.5 Å². The SMILES string of the molecule is COc1ccc(CCn2c(O)c(C(=O)c3ccc(Cl)c([N+](=O)[O-])c3)c(C)c(C#N)c2=O)cc1OC. The van der Waals surface area contributed by atoms with Crippen LogP contribution in [0.25, 0.3) is 0 Å². The third-order valence-electron chi connectivity index (χ3n) is 5.50. The maximum Gasteiger partial charge on any atom is 0.288 e. The summed E-state index contributed by atoms with van der Waals surface area (Å²) in [6.07, 6.45) is 0.252. The molecule has 180 valence electrons. The number of hydrogen-bond donors (Lipinski definition) is 1. The molecule has 10 nitrogen and oxygen atoms in total. The Morgan fingerprint density at radius 1 is 1.20 bits per heavy atom. The fourth-order valence-corrected chi connectivity index (χ4v) is 3.83. The van der Waals surface area contributed by atoms with Crippen LogP contribution in [0.15, 0.2) is 41.2 Å². The number of pyridine rings is 1. The van der Waals surface area contributed by atoms with E-state index in [1.165, 1.54) is 33.3 Å². The summed E-state index contributed by atoms with van der Waals surface area (Å²) < 4.78 is 11.4. The molecule has 0 atom stereocenters. The lowest BCUT2D eigenvalue weighted by Crippen LogP contribution is -2.27. The minimum atomic E-state index is -0.795. The van der Waals surface area contributed by atoms with Gasteiger partial charge in [-0.3, -0.25) is 24.3 Å². The molecular formula is C24H20ClN3O7. The molecule has 0 fully saturated rings. The van der Waals surface area contributed by atoms with Gasteiger partial charge in [-0.1, -0.05) is 17.7 Å². The summed E-state index contributed by atoms with van der Waals surface area (Å²) in [5.74, 6) is -0.447. The van der Waals surface area contributed by atoms with Gasteiger partial charge in [0.25, 0.3) is 11.2 Å². The average Bonchev–Trinajstić information content (AvgIpc) is 2.84. The molecule has 0 unspecified atom stereocenters. The highest BCUT2D eigenvalue weighted by Crippen LogP contribution is 2.31. The van der Waals surface area contributed by atoms with Crippen LogP contribution in [0.1, 0.15) is 32.6 Å². The number of carbonyl (C=O) groups is 1. The van der Waals surface area contributed by atoms with Crippen molar-refractivity contribution in [3.05, 3.63) is 89.7 Å². The minimum absolute atomic E-state index is 0.0278. The van der Waals surface area contributed by atoms with Crippen molar-refractivity contribution in [3.8, 4) is 23.4 Å². The number of benzene rings is 2. The number of aryl methyl sites for hydroxylation is 1. The van der Waals surface area contributed by atoms with Gasteiger partial charge in [0.05, 0.1) is 24.7 Å². The van der Waals surface area contributed by atoms with E-state index in [2.05, 4.69) is 0 Å². The first-order valence-electron chi connectivity index (χ1n) is 10.2. The van der Waals surface area contributed by atoms with Crippen LogP contribution >= 0.6 is 11.6 Å². The Balaban J connectivity index is 2.08. The molecule has 1 heterocycles. The van der Waals surface area contributed by atoms with Gasteiger partial charge in [0.15, 0.2) is 17.3 Å². The second-order valence-corrected chi connectivity index (χ2v) is 7.87. The summed E-state index contributed by atoms with van der Waals surface area (Å²) in [4.78, 5) is 36.6. The van der Waals surface area contributed by atoms with Crippen molar-refractivity contribution in [1.82, 2.24) is 4.57 Å². The standard InChI is InChI=1S/C24H20ClN3O7/c1-13-16(12-26)23(30)27(9-8-14-4-7-19(34-2)20(10-14)35-3)24(31)21(13)22(29)15-5-6-17(25)18(11-15)28(32)33/h4-7,10-11,31H,8-9H2,1-3H3. The zero-order valence-electron chi connectivity index (χ0n) is 19.0. The van der Waals surface area contributed by atoms with Gasteiger partial charge < -0.3 is 14.6 Å². The number of methoxy groups -OCH3 is 2. The van der Waals surface area contributed by atoms with Crippen molar-refractivity contribution in [1.29, 1.82) is 5.26 Å². The maximum absolute atomic E-state index is 13.3. The van der Waals surface area contributed by atoms with Crippen LogP contribution in [0.2, 0.25) is 5.02 Å². The van der Waals surface area contributed by atoms with E-state index in [-0.39, 0.29) is 40.2 Å². The Kier molecular flexibility index (Phi) is 7.42. The van der Waals surface area contributed by atoms with E-state index in [4.69, 9.17) is 21.1 Å². The molecule has 2 aromatic carbocycles. The number of carbonyl (C=O) groups excluding carboxylic acids is 1. The van der Waals surface area contributed by atoms with Gasteiger partial charge in [0, 0.05) is 18.2 Å². The number of nitrogens with zero attached hydrogens (tertiary/aromatic N) is 3. The number of ketones is 1. The minimum Gasteiger partial charge on any atom is -0.494 e. The molecule has 0 aliphatic rings. The Morgan fingerprint density at radius 2 is 1.89 bits per heavy atom. The summed E-state index contributed by atoms with van der Waals surface area (Å²) in [6.45, 7) is 1.30. The highest BCUT2D eigenvalue weighted by atomic mass is 35.5. The lowest BCUT2D eigenvalue weighted by atomic mass is 9.96. The maximum atomic E-state index is 13.3. The second kappa shape index (κ2) is 10.3. The molecule has 0 spiro atoms. The molecule has 1 aromatic heterocycles. The summed E-state index contributed by atoms with van der Waals surface area (Å²) in [6, 6.07) is 10.4. The van der Waals surface area contributed by atoms with Crippen molar-refractivity contribution < 1.29 is 24.3 Å². The van der Waals surface area contributed by atoms with Crippen LogP contribution < -0.4 is 15.0 Å². The van der Waals surface area contributed by atoms with Crippen molar-refractivity contribution in [2.75, 3.05) is 14.2 Å². The van der Waals surface area contributed by atoms with E-state index >= 15 is 0 Å². The summed E-state index contributed by atoms with van der Waals surface area (Å²) >= 11 is 5.83. The zero-order chi connectivity index (χ0) is 25.9. The number of nitro benzene ring substituents is 1. The molecular weight excluding hydrogens is 478 g/mol. The first kappa shape index (κ1) is 25.3. The first-order valence-corrected chi connectivity index (χ1v) is 10.6. The molecule has 1 N–H and O–H groups in total. The van der Waals surface area contributed by atoms with Crippen LogP contribution in [-0.2, 0) is 13.0 Å². The van der Waals surface area contributed by atoms with Crippen LogP contribution in [0, 0.1) is 28.4 Å². The van der Waals surface area contributed by atoms with Crippen LogP contribution in [0.4, 0.5) is 5.69 Å². The normalized spacial score (nSPS) is 10.5. The number of nitriles is 1. The number of hydrogen-bond acceptors (Lipinski definition) is 8. The Labute approximate surface area is 204 Å². The number of aromatic nitrogens is 1. The number of halogens is 1. The molecule has 3 rings (SSSR count). The molecule has 0 amide bonds. The van der Waals surface area contributed by atoms with Gasteiger partial charge in [0.2, 0.25) is 5.88 Å². The van der Waals surface area contributed by atoms with Crippen LogP contribution in [0.3, 0.4) is 0 Å². The van der Waals surface area contributed by atoms with Gasteiger partial charge >= 0.3 is 0 Å². The third-order valence-corrected chi connectivity index (χ3v) is 5.82. The largest absolute Gasteiger partial charge is 0.494 e. The van der Waals surface area contributed by atoms with Crippen molar-refractivity contribution in [2.24, 2.45) is 0 Å². The summed E-state index contributed by atoms with van der Waals surface area (Å²) in [7, 11) is 2.98. The van der Waals surface area contributed by atoms with Gasteiger partial charge in [-0.25, -0.2) is 0 Å². The number of ether oxygens (including phenoxy) is 2. The van der Waals surface area contributed by atoms with Crippen LogP contribution in [-0.4, -0.2) is 34.6 Å². The fourth-order valence-electron chi connectivity index (χ4n) is 3.65. The van der Waals surface area contributed by atoms with Gasteiger partial charge in [-0.05, 0) is 48.7 Å². The van der Waals surface area contributed by atoms with Gasteiger partial charge in [-0.15, -0.1) is 0 Å². The highest BCUT2D eigenvalue weighted by molar-refractivity contribution is 6.32. The highest BCUT2D eigenvalue weighted by Gasteiger charge is 2.26. The monoisotopic (exact) mass is 497 g/mol. The summed E-state index contributed by atoms with van der Waals surface area (Å²) in [5.41, 5.74) is -1.28. The topological polar surface area (TPSA) is 145 Å². The molecule has 0 saturated carbocycles. The number of aromatic hydroxyl groups is 1. The molecule has 0 aliphatic carbocycles. The van der Waals surface area contributed by atoms with Gasteiger partial charge in [0.1, 0.15) is 16.7 Å². The smallest absolute Gasteiger partial charge is 0.288 e. The van der Waals surface area contributed by atoms with Gasteiger partial charge in [-0.2, -0.15) is 5.26 Å². The second-order valence-electron chi connectivity index (χ2n) is 7.46. The lowest BCUT2D eigenvalue weighted by Gasteiger charge is -2.16. The first-order chi connectivity index (χ1) is 16.6. The predicted molar refractivity (Wildman–Crippen MR) is 127 cm³/mol. The molecule has 35 heavy (non-hydrogen) atoms.